The molecule has 168 valence electrons. The smallest absolute Gasteiger partial charge is 0.403 e. The minimum atomic E-state index is -4.46. The number of benzene rings is 1. The first-order valence-electron chi connectivity index (χ1n) is 9.72. The van der Waals surface area contributed by atoms with Crippen LogP contribution < -0.4 is 16.9 Å². The molecule has 1 fully saturated rings. The molecule has 1 amide bonds. The van der Waals surface area contributed by atoms with Crippen molar-refractivity contribution in [2.45, 2.75) is 24.7 Å². The normalized spacial score (nSPS) is 18.5. The molecule has 32 heavy (non-hydrogen) atoms. The lowest BCUT2D eigenvalue weighted by atomic mass is 10.0. The Morgan fingerprint density at radius 3 is 2.78 bits per heavy atom. The molecule has 2 aromatic rings. The molecule has 1 aliphatic heterocycles. The van der Waals surface area contributed by atoms with Gasteiger partial charge in [-0.2, -0.15) is 18.4 Å². The first-order valence-corrected chi connectivity index (χ1v) is 9.72. The number of likely N-dealkylation sites (tertiary alicyclic amines) is 1. The summed E-state index contributed by atoms with van der Waals surface area (Å²) in [6.07, 6.45) is 2.24. The average Bonchev–Trinajstić information content (AvgIpc) is 3.14. The molecule has 8 nitrogen and oxygen atoms in total. The van der Waals surface area contributed by atoms with Crippen molar-refractivity contribution in [2.75, 3.05) is 13.1 Å². The highest BCUT2D eigenvalue weighted by atomic mass is 19.4. The first-order chi connectivity index (χ1) is 15.2. The van der Waals surface area contributed by atoms with Crippen LogP contribution >= 0.6 is 0 Å². The second-order valence-electron chi connectivity index (χ2n) is 7.36. The van der Waals surface area contributed by atoms with Gasteiger partial charge >= 0.3 is 6.18 Å². The van der Waals surface area contributed by atoms with Gasteiger partial charge in [-0.1, -0.05) is 12.1 Å². The lowest BCUT2D eigenvalue weighted by molar-refractivity contribution is -0.137. The Hall–Kier alpha value is -3.78. The van der Waals surface area contributed by atoms with Crippen molar-refractivity contribution < 1.29 is 18.0 Å². The van der Waals surface area contributed by atoms with E-state index in [1.807, 2.05) is 0 Å². The Bertz CT molecular complexity index is 1030. The molecule has 1 aliphatic rings. The van der Waals surface area contributed by atoms with Crippen LogP contribution in [0.15, 0.2) is 55.0 Å². The molecule has 1 aromatic heterocycles. The van der Waals surface area contributed by atoms with Gasteiger partial charge in [-0.15, -0.1) is 0 Å². The minimum Gasteiger partial charge on any atom is -0.403 e. The number of nitrogens with one attached hydrogen (secondary N) is 1. The number of carbonyl (C=O) groups excluding carboxylic acids is 1. The van der Waals surface area contributed by atoms with E-state index in [4.69, 9.17) is 11.6 Å². The van der Waals surface area contributed by atoms with Crippen LogP contribution in [0.1, 0.15) is 22.5 Å². The highest BCUT2D eigenvalue weighted by molar-refractivity contribution is 5.93. The monoisotopic (exact) mass is 445 g/mol. The number of aromatic nitrogens is 1. The number of nitrogens with zero attached hydrogens (tertiary/aromatic N) is 4. The highest BCUT2D eigenvalue weighted by Gasteiger charge is 2.33. The Morgan fingerprint density at radius 1 is 1.34 bits per heavy atom. The summed E-state index contributed by atoms with van der Waals surface area (Å²) in [5, 5.41) is 13.6. The number of halogens is 3. The Labute approximate surface area is 182 Å². The van der Waals surface area contributed by atoms with Gasteiger partial charge in [0, 0.05) is 31.2 Å². The minimum absolute atomic E-state index is 0.0679. The largest absolute Gasteiger partial charge is 0.416 e. The van der Waals surface area contributed by atoms with Crippen molar-refractivity contribution >= 4 is 5.91 Å². The maximum Gasteiger partial charge on any atom is 0.416 e. The number of amides is 1. The van der Waals surface area contributed by atoms with E-state index in [-0.39, 0.29) is 17.8 Å². The third-order valence-corrected chi connectivity index (χ3v) is 5.09. The SMILES string of the molecule is N#CN1C[C@H](NC(=O)c2cc(-c3cccc(C(F)(F)F)c3)ccn2)C[C@H]1CN(N)/C=C\N. The summed E-state index contributed by atoms with van der Waals surface area (Å²) in [5.74, 6) is 5.31. The lowest BCUT2D eigenvalue weighted by Crippen LogP contribution is -2.39. The highest BCUT2D eigenvalue weighted by Crippen LogP contribution is 2.32. The third kappa shape index (κ3) is 5.47. The fourth-order valence-electron chi connectivity index (χ4n) is 3.60. The van der Waals surface area contributed by atoms with Gasteiger partial charge in [0.15, 0.2) is 6.19 Å². The zero-order chi connectivity index (χ0) is 23.3. The summed E-state index contributed by atoms with van der Waals surface area (Å²) in [5.41, 5.74) is 5.37. The van der Waals surface area contributed by atoms with Crippen LogP contribution in [0.25, 0.3) is 11.1 Å². The van der Waals surface area contributed by atoms with Gasteiger partial charge in [0.1, 0.15) is 5.69 Å². The third-order valence-electron chi connectivity index (χ3n) is 5.09. The molecule has 0 spiro atoms. The van der Waals surface area contributed by atoms with Crippen LogP contribution in [-0.2, 0) is 6.18 Å². The van der Waals surface area contributed by atoms with E-state index in [2.05, 4.69) is 16.5 Å². The van der Waals surface area contributed by atoms with E-state index in [0.717, 1.165) is 12.1 Å². The Morgan fingerprint density at radius 2 is 2.09 bits per heavy atom. The molecular weight excluding hydrogens is 423 g/mol. The first kappa shape index (κ1) is 22.9. The van der Waals surface area contributed by atoms with Crippen LogP contribution in [0.4, 0.5) is 13.2 Å². The summed E-state index contributed by atoms with van der Waals surface area (Å²) >= 11 is 0. The van der Waals surface area contributed by atoms with Gasteiger partial charge in [0.2, 0.25) is 0 Å². The number of pyridine rings is 1. The second kappa shape index (κ2) is 9.57. The number of alkyl halides is 3. The van der Waals surface area contributed by atoms with Crippen LogP contribution in [-0.4, -0.2) is 46.0 Å². The molecule has 0 bridgehead atoms. The molecule has 0 radical (unpaired) electrons. The topological polar surface area (TPSA) is 124 Å². The van der Waals surface area contributed by atoms with E-state index in [1.54, 1.807) is 0 Å². The van der Waals surface area contributed by atoms with Gasteiger partial charge in [-0.3, -0.25) is 9.78 Å². The summed E-state index contributed by atoms with van der Waals surface area (Å²) in [6, 6.07) is 7.31. The standard InChI is InChI=1S/C21H22F3N7O/c22-21(23,24)16-3-1-2-14(8-16)15-4-6-28-19(9-15)20(32)29-17-10-18(30(11-17)13-26)12-31(27)7-5-25/h1-9,17-18H,10-12,25,27H2,(H,29,32)/b7-5-/t17-,18+/m1/s1. The molecule has 1 aromatic carbocycles. The second-order valence-corrected chi connectivity index (χ2v) is 7.36. The fourth-order valence-corrected chi connectivity index (χ4v) is 3.60. The predicted molar refractivity (Wildman–Crippen MR) is 111 cm³/mol. The van der Waals surface area contributed by atoms with Crippen molar-refractivity contribution in [1.29, 1.82) is 5.26 Å². The van der Waals surface area contributed by atoms with E-state index in [0.29, 0.717) is 30.6 Å². The summed E-state index contributed by atoms with van der Waals surface area (Å²) in [6.45, 7) is 0.650. The molecular formula is C21H22F3N7O. The molecule has 3 rings (SSSR count). The summed E-state index contributed by atoms with van der Waals surface area (Å²) in [7, 11) is 0. The number of hydrogen-bond donors (Lipinski definition) is 3. The van der Waals surface area contributed by atoms with Crippen LogP contribution in [0.5, 0.6) is 0 Å². The number of rotatable bonds is 6. The number of hydrogen-bond acceptors (Lipinski definition) is 7. The van der Waals surface area contributed by atoms with Crippen LogP contribution in [0.2, 0.25) is 0 Å². The molecule has 5 N–H and O–H groups in total. The number of hydrazine groups is 1. The molecule has 11 heteroatoms. The van der Waals surface area contributed by atoms with E-state index >= 15 is 0 Å². The molecule has 0 unspecified atom stereocenters. The predicted octanol–water partition coefficient (Wildman–Crippen LogP) is 2.03. The summed E-state index contributed by atoms with van der Waals surface area (Å²) in [4.78, 5) is 18.3. The van der Waals surface area contributed by atoms with Gasteiger partial charge in [-0.05, 0) is 41.8 Å². The molecule has 2 atom stereocenters. The Balaban J connectivity index is 1.71. The van der Waals surface area contributed by atoms with Gasteiger partial charge < -0.3 is 21.0 Å². The lowest BCUT2D eigenvalue weighted by Gasteiger charge is -2.22. The fraction of sp³-hybridized carbons (Fsp3) is 0.286. The zero-order valence-corrected chi connectivity index (χ0v) is 17.0. The van der Waals surface area contributed by atoms with Crippen molar-refractivity contribution in [1.82, 2.24) is 20.2 Å². The van der Waals surface area contributed by atoms with Crippen LogP contribution in [0, 0.1) is 11.5 Å². The molecule has 0 saturated carbocycles. The number of nitrogens with two attached hydrogens (primary N) is 2. The van der Waals surface area contributed by atoms with Crippen molar-refractivity contribution in [3.8, 4) is 17.3 Å². The van der Waals surface area contributed by atoms with E-state index in [1.165, 1.54) is 52.8 Å². The Kier molecular flexibility index (Phi) is 6.85. The zero-order valence-electron chi connectivity index (χ0n) is 17.0. The molecule has 1 saturated heterocycles. The van der Waals surface area contributed by atoms with Gasteiger partial charge in [-0.25, -0.2) is 5.84 Å². The molecule has 2 heterocycles. The number of nitriles is 1. The van der Waals surface area contributed by atoms with Gasteiger partial charge in [0.05, 0.1) is 18.2 Å². The van der Waals surface area contributed by atoms with Crippen molar-refractivity contribution in [3.63, 3.8) is 0 Å². The van der Waals surface area contributed by atoms with Crippen LogP contribution in [0.3, 0.4) is 0 Å². The summed E-state index contributed by atoms with van der Waals surface area (Å²) < 4.78 is 39.0. The maximum absolute atomic E-state index is 13.0. The van der Waals surface area contributed by atoms with Crippen molar-refractivity contribution in [3.05, 3.63) is 66.3 Å². The van der Waals surface area contributed by atoms with Gasteiger partial charge in [0.25, 0.3) is 5.91 Å². The average molecular weight is 445 g/mol. The van der Waals surface area contributed by atoms with Crippen molar-refractivity contribution in [2.24, 2.45) is 11.6 Å². The molecule has 0 aliphatic carbocycles. The quantitative estimate of drug-likeness (QED) is 0.353. The van der Waals surface area contributed by atoms with E-state index in [9.17, 15) is 23.2 Å². The van der Waals surface area contributed by atoms with E-state index < -0.39 is 17.6 Å². The number of carbonyl (C=O) groups is 1. The maximum atomic E-state index is 13.0.